The third-order valence-corrected chi connectivity index (χ3v) is 10.9. The number of amides is 3. The predicted molar refractivity (Wildman–Crippen MR) is 219 cm³/mol. The van der Waals surface area contributed by atoms with Crippen LogP contribution in [0.3, 0.4) is 0 Å². The number of carbonyl (C=O) groups excluding carboxylic acids is 3. The quantitative estimate of drug-likeness (QED) is 0.0907. The highest BCUT2D eigenvalue weighted by molar-refractivity contribution is 6.06. The molecule has 12 nitrogen and oxygen atoms in total. The molecule has 7 rings (SSSR count). The number of nitrogens with one attached hydrogen (secondary N) is 1. The van der Waals surface area contributed by atoms with Gasteiger partial charge in [-0.15, -0.1) is 0 Å². The van der Waals surface area contributed by atoms with Crippen molar-refractivity contribution < 1.29 is 43.9 Å². The molecule has 2 fully saturated rings. The van der Waals surface area contributed by atoms with Crippen LogP contribution >= 0.6 is 0 Å². The van der Waals surface area contributed by atoms with Gasteiger partial charge in [-0.05, 0) is 70.3 Å². The van der Waals surface area contributed by atoms with Gasteiger partial charge < -0.3 is 39.7 Å². The van der Waals surface area contributed by atoms with E-state index >= 15 is 0 Å². The van der Waals surface area contributed by atoms with Crippen molar-refractivity contribution in [3.8, 4) is 16.9 Å². The third-order valence-electron chi connectivity index (χ3n) is 10.9. The summed E-state index contributed by atoms with van der Waals surface area (Å²) >= 11 is 0. The first-order valence-corrected chi connectivity index (χ1v) is 19.7. The van der Waals surface area contributed by atoms with Crippen molar-refractivity contribution in [2.75, 3.05) is 20.1 Å². The van der Waals surface area contributed by atoms with E-state index in [-0.39, 0.29) is 56.0 Å². The Labute approximate surface area is 343 Å². The lowest BCUT2D eigenvalue weighted by Crippen LogP contribution is -2.44. The van der Waals surface area contributed by atoms with Crippen LogP contribution in [0.15, 0.2) is 127 Å². The number of benzene rings is 5. The average molecular weight is 800 g/mol. The first-order valence-electron chi connectivity index (χ1n) is 19.7. The summed E-state index contributed by atoms with van der Waals surface area (Å²) in [5.74, 6) is -0.867. The van der Waals surface area contributed by atoms with Crippen LogP contribution < -0.4 is 5.32 Å². The van der Waals surface area contributed by atoms with E-state index in [2.05, 4.69) is 12.2 Å². The van der Waals surface area contributed by atoms with E-state index in [9.17, 15) is 29.7 Å². The number of imide groups is 1. The van der Waals surface area contributed by atoms with Crippen LogP contribution in [-0.2, 0) is 43.6 Å². The Morgan fingerprint density at radius 3 is 2.31 bits per heavy atom. The normalized spacial score (nSPS) is 21.1. The summed E-state index contributed by atoms with van der Waals surface area (Å²) in [6, 6.07) is 38.0. The number of phenols is 1. The molecule has 12 heteroatoms. The SMILES string of the molecule is C[C@@H]1[C@H](CN(C)C[C@@H](O)c2cccc(O)c2)O[C@H](c2cccc(-c3cccc(CN4C(=O)CC(NC(=O)OCc5ccccc5)C4=O)c3)c2)O[C@@H]1c1ccc(CO)cc1. The lowest BCUT2D eigenvalue weighted by Gasteiger charge is -2.42. The van der Waals surface area contributed by atoms with Gasteiger partial charge in [0.1, 0.15) is 18.4 Å². The van der Waals surface area contributed by atoms with Crippen LogP contribution in [0.5, 0.6) is 5.75 Å². The van der Waals surface area contributed by atoms with E-state index in [0.717, 1.165) is 43.8 Å². The van der Waals surface area contributed by atoms with Crippen molar-refractivity contribution in [1.82, 2.24) is 15.1 Å². The molecular formula is C47H49N3O9. The Hall–Kier alpha value is -5.89. The molecule has 0 saturated carbocycles. The Balaban J connectivity index is 1.05. The zero-order chi connectivity index (χ0) is 41.5. The number of aromatic hydroxyl groups is 1. The van der Waals surface area contributed by atoms with Crippen LogP contribution in [-0.4, -0.2) is 75.3 Å². The Bertz CT molecular complexity index is 2230. The number of aliphatic hydroxyl groups is 2. The number of likely N-dealkylation sites (N-methyl/N-ethyl adjacent to an activating group) is 1. The number of hydrogen-bond donors (Lipinski definition) is 4. The van der Waals surface area contributed by atoms with Gasteiger partial charge in [-0.3, -0.25) is 14.5 Å². The lowest BCUT2D eigenvalue weighted by atomic mass is 9.89. The van der Waals surface area contributed by atoms with Crippen LogP contribution in [0.1, 0.15) is 65.2 Å². The summed E-state index contributed by atoms with van der Waals surface area (Å²) in [4.78, 5) is 41.9. The van der Waals surface area contributed by atoms with E-state index in [1.807, 2.05) is 115 Å². The molecule has 5 aromatic rings. The molecule has 6 atom stereocenters. The van der Waals surface area contributed by atoms with E-state index in [1.54, 1.807) is 24.3 Å². The first-order chi connectivity index (χ1) is 28.5. The molecule has 2 aliphatic rings. The fourth-order valence-corrected chi connectivity index (χ4v) is 7.61. The van der Waals surface area contributed by atoms with E-state index < -0.39 is 30.4 Å². The van der Waals surface area contributed by atoms with E-state index in [0.29, 0.717) is 18.7 Å². The second-order valence-electron chi connectivity index (χ2n) is 15.3. The maximum atomic E-state index is 13.3. The minimum Gasteiger partial charge on any atom is -0.508 e. The molecule has 2 saturated heterocycles. The molecular weight excluding hydrogens is 751 g/mol. The Kier molecular flexibility index (Phi) is 13.1. The highest BCUT2D eigenvalue weighted by atomic mass is 16.7. The van der Waals surface area contributed by atoms with Crippen LogP contribution in [0, 0.1) is 5.92 Å². The van der Waals surface area contributed by atoms with Gasteiger partial charge >= 0.3 is 6.09 Å². The highest BCUT2D eigenvalue weighted by Crippen LogP contribution is 2.42. The molecule has 3 amide bonds. The van der Waals surface area contributed by atoms with Gasteiger partial charge in [0.25, 0.3) is 5.91 Å². The molecule has 0 aliphatic carbocycles. The zero-order valence-electron chi connectivity index (χ0n) is 33.0. The molecule has 4 N–H and O–H groups in total. The summed E-state index contributed by atoms with van der Waals surface area (Å²) in [7, 11) is 1.92. The standard InChI is InChI=1S/C47H49N3O9/c1-30-42(27-49(2)26-41(53)37-14-8-16-39(52)23-37)58-46(59-44(30)34-19-17-31(28-51)18-20-34)38-15-7-13-36(22-38)35-12-6-11-33(21-35)25-50-43(54)24-40(45(50)55)48-47(56)57-29-32-9-4-3-5-10-32/h3-23,30,40-42,44,46,51-53H,24-29H2,1-2H3,(H,48,56)/t30-,40?,41-,42+,44+,46+/m1/s1. The number of alkyl carbamates (subject to hydrolysis) is 1. The molecule has 2 heterocycles. The summed E-state index contributed by atoms with van der Waals surface area (Å²) < 4.78 is 18.7. The average Bonchev–Trinajstić information content (AvgIpc) is 3.51. The topological polar surface area (TPSA) is 158 Å². The molecule has 1 unspecified atom stereocenters. The number of aliphatic hydroxyl groups excluding tert-OH is 2. The summed E-state index contributed by atoms with van der Waals surface area (Å²) in [5, 5.41) is 33.1. The smallest absolute Gasteiger partial charge is 0.408 e. The third kappa shape index (κ3) is 10.2. The molecule has 0 spiro atoms. The van der Waals surface area contributed by atoms with Gasteiger partial charge in [-0.2, -0.15) is 0 Å². The minimum atomic E-state index is -1.01. The number of ether oxygens (including phenoxy) is 3. The summed E-state index contributed by atoms with van der Waals surface area (Å²) in [5.41, 5.74) is 6.44. The number of rotatable bonds is 14. The van der Waals surface area contributed by atoms with Crippen LogP contribution in [0.2, 0.25) is 0 Å². The van der Waals surface area contributed by atoms with Gasteiger partial charge in [-0.1, -0.05) is 110 Å². The second-order valence-corrected chi connectivity index (χ2v) is 15.3. The maximum absolute atomic E-state index is 13.3. The highest BCUT2D eigenvalue weighted by Gasteiger charge is 2.41. The van der Waals surface area contributed by atoms with Crippen molar-refractivity contribution in [2.24, 2.45) is 5.92 Å². The van der Waals surface area contributed by atoms with Crippen molar-refractivity contribution in [3.63, 3.8) is 0 Å². The fourth-order valence-electron chi connectivity index (χ4n) is 7.61. The number of nitrogens with zero attached hydrogens (tertiary/aromatic N) is 2. The Morgan fingerprint density at radius 2 is 1.56 bits per heavy atom. The van der Waals surface area contributed by atoms with E-state index in [4.69, 9.17) is 14.2 Å². The number of likely N-dealkylation sites (tertiary alicyclic amines) is 1. The lowest BCUT2D eigenvalue weighted by molar-refractivity contribution is -0.276. The van der Waals surface area contributed by atoms with Gasteiger partial charge in [0.2, 0.25) is 5.91 Å². The molecule has 0 radical (unpaired) electrons. The van der Waals surface area contributed by atoms with Gasteiger partial charge in [0.05, 0.1) is 37.9 Å². The van der Waals surface area contributed by atoms with Crippen molar-refractivity contribution in [1.29, 1.82) is 0 Å². The monoisotopic (exact) mass is 799 g/mol. The minimum absolute atomic E-state index is 0.0429. The van der Waals surface area contributed by atoms with Gasteiger partial charge in [-0.25, -0.2) is 4.79 Å². The van der Waals surface area contributed by atoms with Crippen LogP contribution in [0.4, 0.5) is 4.79 Å². The van der Waals surface area contributed by atoms with Crippen LogP contribution in [0.25, 0.3) is 11.1 Å². The fraction of sp³-hybridized carbons (Fsp3) is 0.298. The Morgan fingerprint density at radius 1 is 0.847 bits per heavy atom. The summed E-state index contributed by atoms with van der Waals surface area (Å²) in [6.07, 6.45) is -3.12. The molecule has 59 heavy (non-hydrogen) atoms. The van der Waals surface area contributed by atoms with Gasteiger partial charge in [0.15, 0.2) is 6.29 Å². The molecule has 5 aromatic carbocycles. The van der Waals surface area contributed by atoms with Crippen molar-refractivity contribution in [3.05, 3.63) is 161 Å². The predicted octanol–water partition coefficient (Wildman–Crippen LogP) is 6.56. The number of phenolic OH excluding ortho intramolecular Hbond substituents is 1. The second kappa shape index (κ2) is 18.8. The van der Waals surface area contributed by atoms with Gasteiger partial charge in [0, 0.05) is 24.6 Å². The number of carbonyl (C=O) groups is 3. The maximum Gasteiger partial charge on any atom is 0.408 e. The molecule has 306 valence electrons. The molecule has 0 bridgehead atoms. The molecule has 2 aliphatic heterocycles. The van der Waals surface area contributed by atoms with Crippen molar-refractivity contribution in [2.45, 2.75) is 63.7 Å². The largest absolute Gasteiger partial charge is 0.508 e. The zero-order valence-corrected chi connectivity index (χ0v) is 33.0. The van der Waals surface area contributed by atoms with E-state index in [1.165, 1.54) is 0 Å². The van der Waals surface area contributed by atoms with Crippen molar-refractivity contribution >= 4 is 17.9 Å². The molecule has 0 aromatic heterocycles. The first kappa shape index (κ1) is 41.3. The summed E-state index contributed by atoms with van der Waals surface area (Å²) in [6.45, 7) is 2.91. The number of hydrogen-bond acceptors (Lipinski definition) is 10.